The van der Waals surface area contributed by atoms with Gasteiger partial charge in [-0.05, 0) is 25.8 Å². The fourth-order valence-corrected chi connectivity index (χ4v) is 1.93. The summed E-state index contributed by atoms with van der Waals surface area (Å²) in [5.41, 5.74) is 0.929. The minimum Gasteiger partial charge on any atom is -0.353 e. The molecule has 0 aliphatic rings. The van der Waals surface area contributed by atoms with Crippen molar-refractivity contribution < 1.29 is 9.72 Å². The van der Waals surface area contributed by atoms with Crippen LogP contribution in [0, 0.1) is 10.1 Å². The Balaban J connectivity index is 2.61. The van der Waals surface area contributed by atoms with Gasteiger partial charge in [0.2, 0.25) is 5.91 Å². The summed E-state index contributed by atoms with van der Waals surface area (Å²) in [7, 11) is 0. The Morgan fingerprint density at radius 1 is 1.39 bits per heavy atom. The van der Waals surface area contributed by atoms with Gasteiger partial charge in [0.25, 0.3) is 5.69 Å². The van der Waals surface area contributed by atoms with Crippen LogP contribution in [0.5, 0.6) is 0 Å². The maximum Gasteiger partial charge on any atom is 0.269 e. The number of halogens is 1. The number of nitrogens with zero attached hydrogens (tertiary/aromatic N) is 1. The second-order valence-electron chi connectivity index (χ2n) is 4.26. The van der Waals surface area contributed by atoms with Crippen molar-refractivity contribution in [2.45, 2.75) is 31.1 Å². The van der Waals surface area contributed by atoms with E-state index < -0.39 is 4.92 Å². The molecule has 5 nitrogen and oxygen atoms in total. The summed E-state index contributed by atoms with van der Waals surface area (Å²) in [6.07, 6.45) is 0.497. The first-order valence-corrected chi connectivity index (χ1v) is 6.49. The molecule has 0 spiro atoms. The molecule has 1 aromatic rings. The molecule has 6 heteroatoms. The molecule has 1 unspecified atom stereocenters. The lowest BCUT2D eigenvalue weighted by Gasteiger charge is -2.13. The summed E-state index contributed by atoms with van der Waals surface area (Å²) < 4.78 is 0. The van der Waals surface area contributed by atoms with Crippen LogP contribution in [0.3, 0.4) is 0 Å². The van der Waals surface area contributed by atoms with Crippen molar-refractivity contribution in [3.63, 3.8) is 0 Å². The summed E-state index contributed by atoms with van der Waals surface area (Å²) in [6, 6.07) is 6.30. The number of benzene rings is 1. The van der Waals surface area contributed by atoms with Crippen LogP contribution in [0.4, 0.5) is 5.69 Å². The molecule has 0 aliphatic carbocycles. The molecule has 0 fully saturated rings. The van der Waals surface area contributed by atoms with Crippen LogP contribution >= 0.6 is 15.9 Å². The van der Waals surface area contributed by atoms with Crippen molar-refractivity contribution in [3.8, 4) is 0 Å². The molecule has 0 saturated carbocycles. The Morgan fingerprint density at radius 3 is 2.39 bits per heavy atom. The zero-order chi connectivity index (χ0) is 13.7. The Hall–Kier alpha value is -1.43. The van der Waals surface area contributed by atoms with Gasteiger partial charge in [-0.3, -0.25) is 14.9 Å². The maximum absolute atomic E-state index is 11.7. The van der Waals surface area contributed by atoms with Crippen LogP contribution in [0.15, 0.2) is 24.3 Å². The summed E-state index contributed by atoms with van der Waals surface area (Å²) in [6.45, 7) is 3.78. The normalized spacial score (nSPS) is 12.2. The number of nitrogens with one attached hydrogen (secondary N) is 1. The lowest BCUT2D eigenvalue weighted by atomic mass is 10.1. The van der Waals surface area contributed by atoms with Crippen LogP contribution < -0.4 is 5.32 Å². The Bertz CT molecular complexity index is 431. The molecule has 0 saturated heterocycles. The first-order valence-electron chi connectivity index (χ1n) is 5.58. The minimum absolute atomic E-state index is 0.0523. The highest BCUT2D eigenvalue weighted by molar-refractivity contribution is 9.10. The zero-order valence-electron chi connectivity index (χ0n) is 10.2. The minimum atomic E-state index is -0.444. The van der Waals surface area contributed by atoms with Crippen LogP contribution in [0.2, 0.25) is 0 Å². The van der Waals surface area contributed by atoms with E-state index in [2.05, 4.69) is 21.2 Å². The van der Waals surface area contributed by atoms with E-state index in [-0.39, 0.29) is 22.5 Å². The fourth-order valence-electron chi connectivity index (χ4n) is 1.43. The average Bonchev–Trinajstić information content (AvgIpc) is 2.28. The van der Waals surface area contributed by atoms with Crippen molar-refractivity contribution >= 4 is 27.5 Å². The number of nitro groups is 1. The van der Waals surface area contributed by atoms with E-state index in [1.165, 1.54) is 12.1 Å². The highest BCUT2D eigenvalue weighted by atomic mass is 79.9. The summed E-state index contributed by atoms with van der Waals surface area (Å²) in [5, 5.41) is 13.3. The average molecular weight is 315 g/mol. The highest BCUT2D eigenvalue weighted by Crippen LogP contribution is 2.15. The third-order valence-corrected chi connectivity index (χ3v) is 3.02. The number of amides is 1. The largest absolute Gasteiger partial charge is 0.353 e. The topological polar surface area (TPSA) is 72.2 Å². The van der Waals surface area contributed by atoms with Crippen molar-refractivity contribution in [3.05, 3.63) is 39.9 Å². The second kappa shape index (κ2) is 6.49. The van der Waals surface area contributed by atoms with Crippen molar-refractivity contribution in [1.29, 1.82) is 0 Å². The molecule has 1 rings (SSSR count). The Kier molecular flexibility index (Phi) is 5.27. The van der Waals surface area contributed by atoms with Crippen molar-refractivity contribution in [2.24, 2.45) is 0 Å². The standard InChI is InChI=1S/C12H15BrN2O3/c1-8(2)14-12(16)11(13)7-9-3-5-10(6-4-9)15(17)18/h3-6,8,11H,7H2,1-2H3,(H,14,16). The van der Waals surface area contributed by atoms with E-state index in [1.54, 1.807) is 12.1 Å². The van der Waals surface area contributed by atoms with E-state index >= 15 is 0 Å². The molecule has 1 N–H and O–H groups in total. The molecule has 1 atom stereocenters. The van der Waals surface area contributed by atoms with Gasteiger partial charge in [-0.1, -0.05) is 28.1 Å². The molecule has 0 heterocycles. The smallest absolute Gasteiger partial charge is 0.269 e. The van der Waals surface area contributed by atoms with Gasteiger partial charge in [0.05, 0.1) is 9.75 Å². The van der Waals surface area contributed by atoms with E-state index in [0.717, 1.165) is 5.56 Å². The lowest BCUT2D eigenvalue weighted by molar-refractivity contribution is -0.384. The van der Waals surface area contributed by atoms with Gasteiger partial charge in [-0.15, -0.1) is 0 Å². The molecule has 0 bridgehead atoms. The van der Waals surface area contributed by atoms with Crippen molar-refractivity contribution in [1.82, 2.24) is 5.32 Å². The van der Waals surface area contributed by atoms with Crippen molar-refractivity contribution in [2.75, 3.05) is 0 Å². The number of hydrogen-bond donors (Lipinski definition) is 1. The first-order chi connectivity index (χ1) is 8.40. The monoisotopic (exact) mass is 314 g/mol. The van der Waals surface area contributed by atoms with Crippen LogP contribution in [0.25, 0.3) is 0 Å². The molecule has 1 amide bonds. The van der Waals surface area contributed by atoms with Gasteiger partial charge in [-0.2, -0.15) is 0 Å². The van der Waals surface area contributed by atoms with Gasteiger partial charge in [0.1, 0.15) is 0 Å². The van der Waals surface area contributed by atoms with E-state index in [4.69, 9.17) is 0 Å². The maximum atomic E-state index is 11.7. The lowest BCUT2D eigenvalue weighted by Crippen LogP contribution is -2.36. The fraction of sp³-hybridized carbons (Fsp3) is 0.417. The molecular weight excluding hydrogens is 300 g/mol. The predicted octanol–water partition coefficient (Wildman–Crippen LogP) is 2.43. The second-order valence-corrected chi connectivity index (χ2v) is 5.36. The van der Waals surface area contributed by atoms with E-state index in [1.807, 2.05) is 13.8 Å². The third kappa shape index (κ3) is 4.44. The summed E-state index contributed by atoms with van der Waals surface area (Å²) in [4.78, 5) is 21.4. The number of carbonyl (C=O) groups is 1. The Labute approximate surface area is 114 Å². The number of alkyl halides is 1. The number of carbonyl (C=O) groups excluding carboxylic acids is 1. The van der Waals surface area contributed by atoms with Crippen LogP contribution in [0.1, 0.15) is 19.4 Å². The molecule has 98 valence electrons. The quantitative estimate of drug-likeness (QED) is 0.515. The SMILES string of the molecule is CC(C)NC(=O)C(Br)Cc1ccc([N+](=O)[O-])cc1. The molecular formula is C12H15BrN2O3. The van der Waals surface area contributed by atoms with Gasteiger partial charge in [0, 0.05) is 18.2 Å². The molecule has 0 aromatic heterocycles. The number of hydrogen-bond acceptors (Lipinski definition) is 3. The van der Waals surface area contributed by atoms with Gasteiger partial charge >= 0.3 is 0 Å². The predicted molar refractivity (Wildman–Crippen MR) is 72.8 cm³/mol. The van der Waals surface area contributed by atoms with Gasteiger partial charge < -0.3 is 5.32 Å². The third-order valence-electron chi connectivity index (χ3n) is 2.28. The first kappa shape index (κ1) is 14.6. The number of rotatable bonds is 5. The highest BCUT2D eigenvalue weighted by Gasteiger charge is 2.16. The summed E-state index contributed by atoms with van der Waals surface area (Å²) in [5.74, 6) is -0.0802. The zero-order valence-corrected chi connectivity index (χ0v) is 11.8. The van der Waals surface area contributed by atoms with Gasteiger partial charge in [-0.25, -0.2) is 0 Å². The van der Waals surface area contributed by atoms with Crippen LogP contribution in [-0.2, 0) is 11.2 Å². The van der Waals surface area contributed by atoms with Crippen LogP contribution in [-0.4, -0.2) is 21.7 Å². The number of nitro benzene ring substituents is 1. The summed E-state index contributed by atoms with van der Waals surface area (Å²) >= 11 is 3.31. The molecule has 0 aliphatic heterocycles. The van der Waals surface area contributed by atoms with Gasteiger partial charge in [0.15, 0.2) is 0 Å². The van der Waals surface area contributed by atoms with E-state index in [0.29, 0.717) is 6.42 Å². The number of non-ortho nitro benzene ring substituents is 1. The Morgan fingerprint density at radius 2 is 1.94 bits per heavy atom. The molecule has 0 radical (unpaired) electrons. The molecule has 1 aromatic carbocycles. The molecule has 18 heavy (non-hydrogen) atoms. The van der Waals surface area contributed by atoms with E-state index in [9.17, 15) is 14.9 Å².